The second-order valence-corrected chi connectivity index (χ2v) is 6.72. The second kappa shape index (κ2) is 14.8. The van der Waals surface area contributed by atoms with Gasteiger partial charge < -0.3 is 35.0 Å². The largest absolute Gasteiger partial charge is 2.00 e. The molecule has 0 unspecified atom stereocenters. The Labute approximate surface area is 227 Å². The van der Waals surface area contributed by atoms with Gasteiger partial charge in [-0.25, -0.2) is 15.8 Å². The third-order valence-electron chi connectivity index (χ3n) is 4.44. The number of hydrogen-bond acceptors (Lipinski definition) is 7. The van der Waals surface area contributed by atoms with Crippen LogP contribution in [0.2, 0.25) is 0 Å². The molecule has 1 aromatic heterocycles. The molecule has 35 heavy (non-hydrogen) atoms. The van der Waals surface area contributed by atoms with Crippen LogP contribution in [0.15, 0.2) is 76.9 Å². The summed E-state index contributed by atoms with van der Waals surface area (Å²) in [5.41, 5.74) is 6.83. The number of aromatic nitrogens is 1. The van der Waals surface area contributed by atoms with E-state index in [1.807, 2.05) is 0 Å². The Balaban J connectivity index is 0.00000385. The Hall–Kier alpha value is -3.33. The first-order valence-electron chi connectivity index (χ1n) is 9.60. The molecular weight excluding hydrogens is 547 g/mol. The van der Waals surface area contributed by atoms with E-state index in [-0.39, 0.29) is 66.9 Å². The molecule has 0 saturated carbocycles. The van der Waals surface area contributed by atoms with Gasteiger partial charge in [0.15, 0.2) is 0 Å². The fourth-order valence-electron chi connectivity index (χ4n) is 2.67. The van der Waals surface area contributed by atoms with E-state index >= 15 is 0 Å². The molecule has 9 nitrogen and oxygen atoms in total. The molecule has 0 atom stereocenters. The molecule has 3 aromatic rings. The van der Waals surface area contributed by atoms with Gasteiger partial charge in [0.1, 0.15) is 11.5 Å². The molecule has 1 heterocycles. The monoisotopic (exact) mass is 565 g/mol. The number of benzene rings is 2. The van der Waals surface area contributed by atoms with Gasteiger partial charge in [0.25, 0.3) is 11.8 Å². The van der Waals surface area contributed by atoms with Crippen molar-refractivity contribution in [2.75, 3.05) is 0 Å². The zero-order chi connectivity index (χ0) is 23.1. The number of hydrazone groups is 2. The van der Waals surface area contributed by atoms with Crippen LogP contribution in [-0.4, -0.2) is 38.4 Å². The summed E-state index contributed by atoms with van der Waals surface area (Å²) in [5.74, 6) is -1.39. The first-order chi connectivity index (χ1) is 15.4. The molecule has 0 saturated heterocycles. The van der Waals surface area contributed by atoms with Crippen LogP contribution in [-0.2, 0) is 19.5 Å². The molecule has 0 fully saturated rings. The molecule has 178 valence electrons. The van der Waals surface area contributed by atoms with Gasteiger partial charge in [-0.05, 0) is 50.2 Å². The Morgan fingerprint density at radius 1 is 0.686 bits per heavy atom. The number of para-hydroxylation sites is 2. The first-order valence-corrected chi connectivity index (χ1v) is 9.60. The van der Waals surface area contributed by atoms with Crippen LogP contribution in [0.4, 0.5) is 0 Å². The van der Waals surface area contributed by atoms with Gasteiger partial charge in [-0.1, -0.05) is 30.3 Å². The van der Waals surface area contributed by atoms with E-state index in [0.29, 0.717) is 22.8 Å². The number of rotatable bonds is 6. The molecule has 12 heteroatoms. The SMILES string of the molecule is C/C(=N\NC(=O)c1ccccc1O)c1cccc(/C(C)=N/NC(=O)c2ccccc2O)n1.[Cl-].[Cl-].[Zn+2]. The predicted octanol–water partition coefficient (Wildman–Crippen LogP) is -3.19. The molecule has 2 aromatic carbocycles. The number of hydrogen-bond donors (Lipinski definition) is 4. The standard InChI is InChI=1S/C23H21N5O4.2ClH.Zn/c1-14(25-27-22(31)16-8-3-5-12-20(16)29)18-10-7-11-19(24-18)15(2)26-28-23(32)17-9-4-6-13-21(17)30;;;/h3-13,29-30H,1-2H3,(H,27,31)(H,28,32);2*1H;/q;;;+2/p-2/b25-14+,26-15+;;;. The van der Waals surface area contributed by atoms with E-state index in [1.54, 1.807) is 56.3 Å². The van der Waals surface area contributed by atoms with E-state index in [2.05, 4.69) is 26.0 Å². The number of nitrogens with one attached hydrogen (secondary N) is 2. The number of halogens is 2. The Bertz CT molecular complexity index is 1150. The second-order valence-electron chi connectivity index (χ2n) is 6.72. The summed E-state index contributed by atoms with van der Waals surface area (Å²) in [6, 6.07) is 17.5. The number of nitrogens with zero attached hydrogens (tertiary/aromatic N) is 3. The number of carbonyl (C=O) groups excluding carboxylic acids is 2. The molecule has 0 spiro atoms. The van der Waals surface area contributed by atoms with Gasteiger partial charge in [0.05, 0.1) is 33.9 Å². The number of carbonyl (C=O) groups is 2. The number of phenols is 2. The van der Waals surface area contributed by atoms with Crippen LogP contribution in [0.5, 0.6) is 11.5 Å². The van der Waals surface area contributed by atoms with Crippen molar-refractivity contribution < 1.29 is 64.1 Å². The maximum Gasteiger partial charge on any atom is 2.00 e. The first kappa shape index (κ1) is 31.7. The van der Waals surface area contributed by atoms with Crippen LogP contribution in [0.3, 0.4) is 0 Å². The van der Waals surface area contributed by atoms with Crippen LogP contribution in [0.25, 0.3) is 0 Å². The van der Waals surface area contributed by atoms with Crippen molar-refractivity contribution in [3.05, 3.63) is 89.2 Å². The molecule has 3 rings (SSSR count). The fraction of sp³-hybridized carbons (Fsp3) is 0.0870. The summed E-state index contributed by atoms with van der Waals surface area (Å²) in [4.78, 5) is 28.8. The van der Waals surface area contributed by atoms with Crippen molar-refractivity contribution in [2.45, 2.75) is 13.8 Å². The van der Waals surface area contributed by atoms with Gasteiger partial charge in [-0.3, -0.25) is 9.59 Å². The molecule has 0 bridgehead atoms. The minimum atomic E-state index is -0.553. The van der Waals surface area contributed by atoms with Gasteiger partial charge in [-0.15, -0.1) is 0 Å². The zero-order valence-corrected chi connectivity index (χ0v) is 23.3. The van der Waals surface area contributed by atoms with Crippen LogP contribution >= 0.6 is 0 Å². The van der Waals surface area contributed by atoms with Crippen LogP contribution in [0, 0.1) is 0 Å². The van der Waals surface area contributed by atoms with Gasteiger partial charge in [-0.2, -0.15) is 10.2 Å². The molecule has 0 aliphatic carbocycles. The maximum absolute atomic E-state index is 12.2. The van der Waals surface area contributed by atoms with E-state index in [9.17, 15) is 19.8 Å². The minimum absolute atomic E-state index is 0. The molecule has 4 N–H and O–H groups in total. The predicted molar refractivity (Wildman–Crippen MR) is 120 cm³/mol. The quantitative estimate of drug-likeness (QED) is 0.141. The van der Waals surface area contributed by atoms with Crippen LogP contribution in [0.1, 0.15) is 46.0 Å². The van der Waals surface area contributed by atoms with Crippen molar-refractivity contribution in [3.63, 3.8) is 0 Å². The topological polar surface area (TPSA) is 136 Å². The maximum atomic E-state index is 12.2. The Kier molecular flexibility index (Phi) is 13.4. The summed E-state index contributed by atoms with van der Waals surface area (Å²) in [6.07, 6.45) is 0. The van der Waals surface area contributed by atoms with Gasteiger partial charge in [0.2, 0.25) is 0 Å². The Morgan fingerprint density at radius 3 is 1.43 bits per heavy atom. The van der Waals surface area contributed by atoms with Gasteiger partial charge >= 0.3 is 19.5 Å². The normalized spacial score (nSPS) is 10.7. The molecule has 0 aliphatic heterocycles. The zero-order valence-electron chi connectivity index (χ0n) is 18.9. The van der Waals surface area contributed by atoms with E-state index < -0.39 is 11.8 Å². The van der Waals surface area contributed by atoms with Crippen LogP contribution < -0.4 is 35.7 Å². The third-order valence-corrected chi connectivity index (χ3v) is 4.44. The Morgan fingerprint density at radius 2 is 1.06 bits per heavy atom. The summed E-state index contributed by atoms with van der Waals surface area (Å²) >= 11 is 0. The van der Waals surface area contributed by atoms with Crippen molar-refractivity contribution in [1.29, 1.82) is 0 Å². The molecule has 0 radical (unpaired) electrons. The third kappa shape index (κ3) is 8.44. The average Bonchev–Trinajstić information content (AvgIpc) is 2.81. The van der Waals surface area contributed by atoms with Gasteiger partial charge in [0, 0.05) is 0 Å². The fourth-order valence-corrected chi connectivity index (χ4v) is 2.67. The van der Waals surface area contributed by atoms with E-state index in [1.165, 1.54) is 24.3 Å². The summed E-state index contributed by atoms with van der Waals surface area (Å²) in [6.45, 7) is 3.34. The smallest absolute Gasteiger partial charge is 1.00 e. The molecule has 0 aliphatic rings. The summed E-state index contributed by atoms with van der Waals surface area (Å²) in [7, 11) is 0. The number of pyridine rings is 1. The van der Waals surface area contributed by atoms with Crippen molar-refractivity contribution >= 4 is 23.2 Å². The van der Waals surface area contributed by atoms with Crippen molar-refractivity contribution in [3.8, 4) is 11.5 Å². The summed E-state index contributed by atoms with van der Waals surface area (Å²) in [5, 5.41) is 27.6. The van der Waals surface area contributed by atoms with Crippen molar-refractivity contribution in [1.82, 2.24) is 15.8 Å². The molecule has 2 amide bonds. The van der Waals surface area contributed by atoms with E-state index in [4.69, 9.17) is 0 Å². The van der Waals surface area contributed by atoms with Crippen molar-refractivity contribution in [2.24, 2.45) is 10.2 Å². The number of aromatic hydroxyl groups is 2. The summed E-state index contributed by atoms with van der Waals surface area (Å²) < 4.78 is 0. The number of phenolic OH excluding ortho intramolecular Hbond substituents is 2. The molecular formula is C23H21Cl2N5O4Zn. The minimum Gasteiger partial charge on any atom is -1.00 e. The van der Waals surface area contributed by atoms with E-state index in [0.717, 1.165) is 0 Å². The number of amides is 2. The average molecular weight is 568 g/mol.